The van der Waals surface area contributed by atoms with Crippen molar-refractivity contribution in [2.75, 3.05) is 13.2 Å². The summed E-state index contributed by atoms with van der Waals surface area (Å²) in [6, 6.07) is 0. The van der Waals surface area contributed by atoms with Gasteiger partial charge < -0.3 is 4.43 Å². The van der Waals surface area contributed by atoms with Crippen LogP contribution in [0.4, 0.5) is 0 Å². The van der Waals surface area contributed by atoms with Crippen LogP contribution in [-0.2, 0) is 9.22 Å². The Morgan fingerprint density at radius 1 is 1.48 bits per heavy atom. The highest BCUT2D eigenvalue weighted by Crippen LogP contribution is 2.41. The number of piperidine rings is 1. The first-order valence-corrected chi connectivity index (χ1v) is 11.4. The van der Waals surface area contributed by atoms with Crippen LogP contribution in [0, 0.1) is 5.41 Å². The fourth-order valence-corrected chi connectivity index (χ4v) is 4.21. The molecule has 0 aromatic rings. The van der Waals surface area contributed by atoms with E-state index in [2.05, 4.69) is 56.6 Å². The first-order chi connectivity index (χ1) is 9.56. The average Bonchev–Trinajstić information content (AvgIpc) is 2.34. The fraction of sp³-hybridized carbons (Fsp3) is 0.812. The third-order valence-corrected chi connectivity index (χ3v) is 10.3. The van der Waals surface area contributed by atoms with Gasteiger partial charge in [0.15, 0.2) is 8.32 Å². The van der Waals surface area contributed by atoms with Crippen molar-refractivity contribution in [1.29, 1.82) is 0 Å². The summed E-state index contributed by atoms with van der Waals surface area (Å²) < 4.78 is 7.96. The monoisotopic (exact) mass is 375 g/mol. The number of nitrogens with zero attached hydrogens (tertiary/aromatic N) is 1. The van der Waals surface area contributed by atoms with Crippen molar-refractivity contribution in [3.05, 3.63) is 12.7 Å². The summed E-state index contributed by atoms with van der Waals surface area (Å²) in [5, 5.41) is 0.205. The summed E-state index contributed by atoms with van der Waals surface area (Å²) in [6.07, 6.45) is 5.35. The van der Waals surface area contributed by atoms with Gasteiger partial charge in [-0.15, -0.1) is 6.58 Å². The maximum absolute atomic E-state index is 12.6. The minimum Gasteiger partial charge on any atom is -0.417 e. The second-order valence-electron chi connectivity index (χ2n) is 7.63. The summed E-state index contributed by atoms with van der Waals surface area (Å²) >= 11 is 3.38. The van der Waals surface area contributed by atoms with Gasteiger partial charge in [-0.25, -0.2) is 0 Å². The molecule has 1 rings (SSSR count). The number of carbonyl (C=O) groups is 1. The van der Waals surface area contributed by atoms with Crippen LogP contribution in [0.2, 0.25) is 18.1 Å². The van der Waals surface area contributed by atoms with Crippen LogP contribution in [0.15, 0.2) is 12.7 Å². The molecule has 0 radical (unpaired) electrons. The maximum Gasteiger partial charge on any atom is 0.239 e. The van der Waals surface area contributed by atoms with Crippen molar-refractivity contribution in [2.45, 2.75) is 64.6 Å². The van der Waals surface area contributed by atoms with Gasteiger partial charge in [-0.3, -0.25) is 8.72 Å². The minimum atomic E-state index is -1.75. The molecule has 1 saturated heterocycles. The number of rotatable bonds is 6. The van der Waals surface area contributed by atoms with Crippen LogP contribution < -0.4 is 0 Å². The van der Waals surface area contributed by atoms with E-state index in [0.29, 0.717) is 6.61 Å². The minimum absolute atomic E-state index is 0.187. The normalized spacial score (nSPS) is 24.3. The topological polar surface area (TPSA) is 29.5 Å². The molecule has 1 atom stereocenters. The quantitative estimate of drug-likeness (QED) is 0.375. The standard InChI is InChI=1S/C16H30BrNO2Si/c1-7-9-16(10-8-12-18(17)14(16)19)11-13-20-21(5,6)15(2,3)4/h7H,1,8-13H2,2-6H3/t16-/m1/s1. The lowest BCUT2D eigenvalue weighted by molar-refractivity contribution is -0.140. The van der Waals surface area contributed by atoms with Gasteiger partial charge in [-0.2, -0.15) is 0 Å². The number of halogens is 1. The average molecular weight is 376 g/mol. The number of hydrogen-bond acceptors (Lipinski definition) is 2. The molecule has 0 spiro atoms. The van der Waals surface area contributed by atoms with E-state index in [-0.39, 0.29) is 16.4 Å². The van der Waals surface area contributed by atoms with Crippen LogP contribution in [0.25, 0.3) is 0 Å². The van der Waals surface area contributed by atoms with Crippen LogP contribution in [-0.4, -0.2) is 31.3 Å². The molecule has 21 heavy (non-hydrogen) atoms. The molecule has 0 aromatic heterocycles. The highest BCUT2D eigenvalue weighted by atomic mass is 79.9. The van der Waals surface area contributed by atoms with E-state index in [0.717, 1.165) is 32.2 Å². The van der Waals surface area contributed by atoms with Gasteiger partial charge in [-0.05, 0) is 43.8 Å². The summed E-state index contributed by atoms with van der Waals surface area (Å²) in [5.41, 5.74) is -0.328. The molecule has 1 fully saturated rings. The first-order valence-electron chi connectivity index (χ1n) is 7.78. The summed E-state index contributed by atoms with van der Waals surface area (Å²) in [5.74, 6) is 0.187. The van der Waals surface area contributed by atoms with Gasteiger partial charge >= 0.3 is 0 Å². The molecule has 0 N–H and O–H groups in total. The van der Waals surface area contributed by atoms with Gasteiger partial charge in [-0.1, -0.05) is 26.8 Å². The Balaban J connectivity index is 2.72. The number of carbonyl (C=O) groups excluding carboxylic acids is 1. The van der Waals surface area contributed by atoms with Crippen molar-refractivity contribution in [3.8, 4) is 0 Å². The van der Waals surface area contributed by atoms with E-state index in [1.165, 1.54) is 0 Å². The van der Waals surface area contributed by atoms with Gasteiger partial charge in [0.25, 0.3) is 0 Å². The fourth-order valence-electron chi connectivity index (χ4n) is 2.54. The van der Waals surface area contributed by atoms with E-state index in [1.54, 1.807) is 3.93 Å². The zero-order chi connectivity index (χ0) is 16.3. The van der Waals surface area contributed by atoms with Crippen molar-refractivity contribution in [1.82, 2.24) is 3.93 Å². The van der Waals surface area contributed by atoms with E-state index < -0.39 is 8.32 Å². The van der Waals surface area contributed by atoms with Crippen LogP contribution in [0.5, 0.6) is 0 Å². The van der Waals surface area contributed by atoms with Gasteiger partial charge in [0.1, 0.15) is 0 Å². The first kappa shape index (κ1) is 18.9. The van der Waals surface area contributed by atoms with Crippen LogP contribution in [0.3, 0.4) is 0 Å². The number of amides is 1. The van der Waals surface area contributed by atoms with Crippen molar-refractivity contribution >= 4 is 30.4 Å². The highest BCUT2D eigenvalue weighted by molar-refractivity contribution is 9.07. The lowest BCUT2D eigenvalue weighted by Gasteiger charge is -2.41. The zero-order valence-electron chi connectivity index (χ0n) is 14.2. The Morgan fingerprint density at radius 3 is 2.62 bits per heavy atom. The van der Waals surface area contributed by atoms with E-state index in [4.69, 9.17) is 4.43 Å². The van der Waals surface area contributed by atoms with Gasteiger partial charge in [0, 0.05) is 13.2 Å². The molecule has 0 saturated carbocycles. The molecule has 0 unspecified atom stereocenters. The van der Waals surface area contributed by atoms with Gasteiger partial charge in [0.2, 0.25) is 5.91 Å². The predicted molar refractivity (Wildman–Crippen MR) is 94.9 cm³/mol. The highest BCUT2D eigenvalue weighted by Gasteiger charge is 2.43. The smallest absolute Gasteiger partial charge is 0.239 e. The SMILES string of the molecule is C=CC[C@]1(CCO[Si](C)(C)C(C)(C)C)CCCN(Br)C1=O. The Hall–Kier alpha value is -0.133. The molecular formula is C16H30BrNO2Si. The second-order valence-corrected chi connectivity index (χ2v) is 13.3. The lowest BCUT2D eigenvalue weighted by atomic mass is 9.74. The summed E-state index contributed by atoms with van der Waals surface area (Å²) in [4.78, 5) is 12.6. The van der Waals surface area contributed by atoms with Gasteiger partial charge in [0.05, 0.1) is 21.6 Å². The lowest BCUT2D eigenvalue weighted by Crippen LogP contribution is -2.46. The third kappa shape index (κ3) is 4.42. The molecule has 122 valence electrons. The molecule has 3 nitrogen and oxygen atoms in total. The molecule has 1 heterocycles. The maximum atomic E-state index is 12.6. The number of hydrogen-bond donors (Lipinski definition) is 0. The zero-order valence-corrected chi connectivity index (χ0v) is 16.8. The third-order valence-electron chi connectivity index (χ3n) is 5.07. The molecule has 5 heteroatoms. The molecule has 0 bridgehead atoms. The number of allylic oxidation sites excluding steroid dienone is 1. The van der Waals surface area contributed by atoms with Crippen molar-refractivity contribution in [3.63, 3.8) is 0 Å². The predicted octanol–water partition coefficient (Wildman–Crippen LogP) is 4.89. The Labute approximate surface area is 139 Å². The molecular weight excluding hydrogens is 346 g/mol. The Bertz CT molecular complexity index is 392. The molecule has 0 aromatic carbocycles. The van der Waals surface area contributed by atoms with Crippen LogP contribution in [0.1, 0.15) is 46.5 Å². The van der Waals surface area contributed by atoms with E-state index in [1.807, 2.05) is 6.08 Å². The Kier molecular flexibility index (Phi) is 6.27. The second kappa shape index (κ2) is 6.96. The summed E-state index contributed by atoms with van der Waals surface area (Å²) in [7, 11) is -1.75. The molecule has 1 amide bonds. The largest absolute Gasteiger partial charge is 0.417 e. The van der Waals surface area contributed by atoms with E-state index in [9.17, 15) is 4.79 Å². The molecule has 0 aliphatic carbocycles. The van der Waals surface area contributed by atoms with Crippen molar-refractivity contribution in [2.24, 2.45) is 5.41 Å². The van der Waals surface area contributed by atoms with Crippen LogP contribution >= 0.6 is 16.1 Å². The van der Waals surface area contributed by atoms with Crippen molar-refractivity contribution < 1.29 is 9.22 Å². The Morgan fingerprint density at radius 2 is 2.10 bits per heavy atom. The molecule has 1 aliphatic heterocycles. The van der Waals surface area contributed by atoms with E-state index >= 15 is 0 Å². The summed E-state index contributed by atoms with van der Waals surface area (Å²) in [6.45, 7) is 16.5. The molecule has 1 aliphatic rings.